The second kappa shape index (κ2) is 6.90. The number of alkyl halides is 3. The van der Waals surface area contributed by atoms with Crippen LogP contribution in [0.4, 0.5) is 23.2 Å². The van der Waals surface area contributed by atoms with Crippen LogP contribution in [0.25, 0.3) is 0 Å². The number of carbonyl (C=O) groups excluding carboxylic acids is 2. The normalized spacial score (nSPS) is 19.6. The number of carbonyl (C=O) groups is 2. The SMILES string of the molecule is O=C1NC[C@H](c2cccc(C(F)(F)F)c2)C1C(=O)Nc1c(O)cccc1F. The first-order valence-electron chi connectivity index (χ1n) is 7.91. The lowest BCUT2D eigenvalue weighted by atomic mass is 9.87. The van der Waals surface area contributed by atoms with Gasteiger partial charge in [0.15, 0.2) is 5.82 Å². The van der Waals surface area contributed by atoms with Crippen molar-refractivity contribution in [3.05, 3.63) is 59.4 Å². The number of benzene rings is 2. The number of amides is 2. The molecular formula is C18H14F4N2O3. The predicted molar refractivity (Wildman–Crippen MR) is 87.4 cm³/mol. The summed E-state index contributed by atoms with van der Waals surface area (Å²) >= 11 is 0. The van der Waals surface area contributed by atoms with Crippen molar-refractivity contribution >= 4 is 17.5 Å². The van der Waals surface area contributed by atoms with E-state index in [9.17, 15) is 32.3 Å². The van der Waals surface area contributed by atoms with Gasteiger partial charge in [-0.15, -0.1) is 0 Å². The molecule has 2 aromatic rings. The van der Waals surface area contributed by atoms with Crippen LogP contribution in [-0.2, 0) is 15.8 Å². The number of phenols is 1. The molecule has 0 aromatic heterocycles. The summed E-state index contributed by atoms with van der Waals surface area (Å²) in [6, 6.07) is 7.74. The Balaban J connectivity index is 1.90. The van der Waals surface area contributed by atoms with Crippen LogP contribution in [0.5, 0.6) is 5.75 Å². The molecule has 2 aromatic carbocycles. The number of anilines is 1. The molecule has 9 heteroatoms. The van der Waals surface area contributed by atoms with Crippen LogP contribution in [0.3, 0.4) is 0 Å². The maximum absolute atomic E-state index is 13.8. The molecule has 142 valence electrons. The van der Waals surface area contributed by atoms with Gasteiger partial charge in [0.2, 0.25) is 11.8 Å². The summed E-state index contributed by atoms with van der Waals surface area (Å²) in [5.74, 6) is -5.28. The van der Waals surface area contributed by atoms with Crippen molar-refractivity contribution in [1.82, 2.24) is 5.32 Å². The number of hydrogen-bond acceptors (Lipinski definition) is 3. The molecule has 1 aliphatic heterocycles. The van der Waals surface area contributed by atoms with Gasteiger partial charge in [-0.3, -0.25) is 9.59 Å². The van der Waals surface area contributed by atoms with Crippen molar-refractivity contribution in [2.45, 2.75) is 12.1 Å². The molecule has 5 nitrogen and oxygen atoms in total. The molecule has 2 amide bonds. The van der Waals surface area contributed by atoms with Crippen LogP contribution in [-0.4, -0.2) is 23.5 Å². The van der Waals surface area contributed by atoms with E-state index < -0.39 is 52.6 Å². The third kappa shape index (κ3) is 3.71. The van der Waals surface area contributed by atoms with E-state index >= 15 is 0 Å². The zero-order valence-electron chi connectivity index (χ0n) is 13.7. The molecule has 0 bridgehead atoms. The van der Waals surface area contributed by atoms with Gasteiger partial charge in [0.1, 0.15) is 17.4 Å². The van der Waals surface area contributed by atoms with E-state index in [1.165, 1.54) is 18.2 Å². The maximum atomic E-state index is 13.8. The molecule has 0 aliphatic carbocycles. The number of halogens is 4. The minimum absolute atomic E-state index is 0.0402. The van der Waals surface area contributed by atoms with Gasteiger partial charge < -0.3 is 15.7 Å². The van der Waals surface area contributed by atoms with Crippen molar-refractivity contribution in [3.63, 3.8) is 0 Å². The van der Waals surface area contributed by atoms with Crippen LogP contribution in [0.1, 0.15) is 17.0 Å². The molecule has 1 fully saturated rings. The number of phenolic OH excluding ortho intramolecular Hbond substituents is 1. The second-order valence-electron chi connectivity index (χ2n) is 6.08. The van der Waals surface area contributed by atoms with Crippen LogP contribution in [0.2, 0.25) is 0 Å². The van der Waals surface area contributed by atoms with Crippen molar-refractivity contribution in [3.8, 4) is 5.75 Å². The lowest BCUT2D eigenvalue weighted by molar-refractivity contribution is -0.137. The highest BCUT2D eigenvalue weighted by atomic mass is 19.4. The Labute approximate surface area is 151 Å². The van der Waals surface area contributed by atoms with Crippen LogP contribution in [0, 0.1) is 11.7 Å². The summed E-state index contributed by atoms with van der Waals surface area (Å²) in [7, 11) is 0. The van der Waals surface area contributed by atoms with Gasteiger partial charge in [-0.25, -0.2) is 4.39 Å². The van der Waals surface area contributed by atoms with E-state index in [1.54, 1.807) is 0 Å². The number of para-hydroxylation sites is 1. The van der Waals surface area contributed by atoms with Crippen molar-refractivity contribution < 1.29 is 32.3 Å². The Morgan fingerprint density at radius 1 is 1.19 bits per heavy atom. The summed E-state index contributed by atoms with van der Waals surface area (Å²) < 4.78 is 52.6. The average Bonchev–Trinajstić information content (AvgIpc) is 2.99. The highest BCUT2D eigenvalue weighted by Crippen LogP contribution is 2.35. The quantitative estimate of drug-likeness (QED) is 0.434. The topological polar surface area (TPSA) is 78.4 Å². The maximum Gasteiger partial charge on any atom is 0.416 e. The Hall–Kier alpha value is -3.10. The molecule has 2 atom stereocenters. The third-order valence-corrected chi connectivity index (χ3v) is 4.35. The second-order valence-corrected chi connectivity index (χ2v) is 6.08. The zero-order valence-corrected chi connectivity index (χ0v) is 13.7. The van der Waals surface area contributed by atoms with Crippen LogP contribution < -0.4 is 10.6 Å². The summed E-state index contributed by atoms with van der Waals surface area (Å²) in [5, 5.41) is 14.3. The van der Waals surface area contributed by atoms with Gasteiger partial charge in [0.05, 0.1) is 5.56 Å². The van der Waals surface area contributed by atoms with Gasteiger partial charge in [-0.2, -0.15) is 13.2 Å². The lowest BCUT2D eigenvalue weighted by Gasteiger charge is -2.18. The standard InChI is InChI=1S/C18H14F4N2O3/c19-12-5-2-6-13(25)15(12)24-17(27)14-11(8-23-16(14)26)9-3-1-4-10(7-9)18(20,21)22/h1-7,11,14,25H,8H2,(H,23,26)(H,24,27)/t11-,14?/m1/s1. The molecule has 1 heterocycles. The number of aromatic hydroxyl groups is 1. The fraction of sp³-hybridized carbons (Fsp3) is 0.222. The van der Waals surface area contributed by atoms with E-state index in [0.717, 1.165) is 24.3 Å². The molecule has 1 saturated heterocycles. The molecular weight excluding hydrogens is 368 g/mol. The molecule has 1 aliphatic rings. The first-order valence-corrected chi connectivity index (χ1v) is 7.91. The van der Waals surface area contributed by atoms with E-state index in [2.05, 4.69) is 10.6 Å². The highest BCUT2D eigenvalue weighted by molar-refractivity contribution is 6.09. The summed E-state index contributed by atoms with van der Waals surface area (Å²) in [4.78, 5) is 24.6. The summed E-state index contributed by atoms with van der Waals surface area (Å²) in [6.07, 6.45) is -4.57. The summed E-state index contributed by atoms with van der Waals surface area (Å²) in [6.45, 7) is -0.0402. The Morgan fingerprint density at radius 3 is 2.56 bits per heavy atom. The van der Waals surface area contributed by atoms with Crippen molar-refractivity contribution in [2.75, 3.05) is 11.9 Å². The highest BCUT2D eigenvalue weighted by Gasteiger charge is 2.42. The van der Waals surface area contributed by atoms with Crippen LogP contribution in [0.15, 0.2) is 42.5 Å². The number of hydrogen-bond donors (Lipinski definition) is 3. The van der Waals surface area contributed by atoms with Gasteiger partial charge in [-0.1, -0.05) is 24.3 Å². The third-order valence-electron chi connectivity index (χ3n) is 4.35. The first-order chi connectivity index (χ1) is 12.7. The lowest BCUT2D eigenvalue weighted by Crippen LogP contribution is -2.32. The molecule has 1 unspecified atom stereocenters. The molecule has 0 spiro atoms. The van der Waals surface area contributed by atoms with Gasteiger partial charge in [-0.05, 0) is 23.8 Å². The number of nitrogens with one attached hydrogen (secondary N) is 2. The Bertz CT molecular complexity index is 878. The minimum atomic E-state index is -4.57. The average molecular weight is 382 g/mol. The monoisotopic (exact) mass is 382 g/mol. The minimum Gasteiger partial charge on any atom is -0.506 e. The molecule has 0 radical (unpaired) electrons. The fourth-order valence-electron chi connectivity index (χ4n) is 3.02. The largest absolute Gasteiger partial charge is 0.506 e. The smallest absolute Gasteiger partial charge is 0.416 e. The van der Waals surface area contributed by atoms with E-state index in [-0.39, 0.29) is 12.1 Å². The summed E-state index contributed by atoms with van der Waals surface area (Å²) in [5.41, 5.74) is -1.24. The van der Waals surface area contributed by atoms with Crippen molar-refractivity contribution in [2.24, 2.45) is 5.92 Å². The van der Waals surface area contributed by atoms with Gasteiger partial charge >= 0.3 is 6.18 Å². The van der Waals surface area contributed by atoms with E-state index in [0.29, 0.717) is 0 Å². The zero-order chi connectivity index (χ0) is 19.8. The predicted octanol–water partition coefficient (Wildman–Crippen LogP) is 3.02. The molecule has 3 rings (SSSR count). The Kier molecular flexibility index (Phi) is 4.77. The first kappa shape index (κ1) is 18.7. The molecule has 0 saturated carbocycles. The van der Waals surface area contributed by atoms with Crippen molar-refractivity contribution in [1.29, 1.82) is 0 Å². The Morgan fingerprint density at radius 2 is 1.89 bits per heavy atom. The fourth-order valence-corrected chi connectivity index (χ4v) is 3.02. The van der Waals surface area contributed by atoms with Gasteiger partial charge in [0, 0.05) is 12.5 Å². The van der Waals surface area contributed by atoms with E-state index in [4.69, 9.17) is 0 Å². The van der Waals surface area contributed by atoms with Crippen LogP contribution >= 0.6 is 0 Å². The van der Waals surface area contributed by atoms with E-state index in [1.807, 2.05) is 0 Å². The molecule has 3 N–H and O–H groups in total. The number of rotatable bonds is 3. The van der Waals surface area contributed by atoms with Gasteiger partial charge in [0.25, 0.3) is 0 Å². The molecule has 27 heavy (non-hydrogen) atoms.